The highest BCUT2D eigenvalue weighted by Gasteiger charge is 2.15. The summed E-state index contributed by atoms with van der Waals surface area (Å²) in [5.74, 6) is -1.49. The molecule has 1 aromatic heterocycles. The Morgan fingerprint density at radius 3 is 2.83 bits per heavy atom. The van der Waals surface area contributed by atoms with E-state index in [0.29, 0.717) is 12.0 Å². The summed E-state index contributed by atoms with van der Waals surface area (Å²) in [5.41, 5.74) is 6.08. The first-order chi connectivity index (χ1) is 8.61. The monoisotopic (exact) mass is 251 g/mol. The quantitative estimate of drug-likeness (QED) is 0.848. The fourth-order valence-corrected chi connectivity index (χ4v) is 1.42. The van der Waals surface area contributed by atoms with Gasteiger partial charge in [-0.05, 0) is 24.6 Å². The maximum absolute atomic E-state index is 13.1. The Balaban J connectivity index is 2.28. The zero-order chi connectivity index (χ0) is 13.1. The van der Waals surface area contributed by atoms with Crippen molar-refractivity contribution in [3.8, 4) is 11.4 Å². The molecule has 94 valence electrons. The molecule has 0 aliphatic carbocycles. The number of benzene rings is 1. The van der Waals surface area contributed by atoms with Crippen LogP contribution >= 0.6 is 0 Å². The summed E-state index contributed by atoms with van der Waals surface area (Å²) in [4.78, 5) is 4.03. The van der Waals surface area contributed by atoms with Crippen LogP contribution in [-0.4, -0.2) is 10.1 Å². The summed E-state index contributed by atoms with van der Waals surface area (Å²) >= 11 is 0. The number of hydrogen-bond acceptors (Lipinski definition) is 4. The van der Waals surface area contributed by atoms with Crippen LogP contribution in [0.4, 0.5) is 8.78 Å². The predicted octanol–water partition coefficient (Wildman–Crippen LogP) is 2.59. The molecule has 0 aliphatic rings. The van der Waals surface area contributed by atoms with Gasteiger partial charge in [-0.1, -0.05) is 11.2 Å². The molecule has 0 saturated carbocycles. The second kappa shape index (κ2) is 5.05. The summed E-state index contributed by atoms with van der Waals surface area (Å²) in [5, 5.41) is 3.67. The number of halogens is 2. The van der Waals surface area contributed by atoms with E-state index in [-0.39, 0.29) is 11.7 Å². The van der Waals surface area contributed by atoms with Crippen LogP contribution in [0.2, 0.25) is 0 Å². The average molecular weight is 251 g/mol. The molecule has 0 spiro atoms. The van der Waals surface area contributed by atoms with Crippen LogP contribution in [0.3, 0.4) is 0 Å². The lowest BCUT2D eigenvalue weighted by Crippen LogP contribution is -2.09. The van der Waals surface area contributed by atoms with Crippen molar-refractivity contribution in [1.82, 2.24) is 10.1 Å². The lowest BCUT2D eigenvalue weighted by Gasteiger charge is -2.00. The molecule has 4 nitrogen and oxygen atoms in total. The van der Waals surface area contributed by atoms with E-state index < -0.39 is 17.7 Å². The van der Waals surface area contributed by atoms with Gasteiger partial charge in [-0.2, -0.15) is 4.98 Å². The van der Waals surface area contributed by atoms with Gasteiger partial charge in [0.15, 0.2) is 11.6 Å². The predicted molar refractivity (Wildman–Crippen MR) is 61.4 cm³/mol. The van der Waals surface area contributed by atoms with Crippen molar-refractivity contribution in [1.29, 1.82) is 0 Å². The Morgan fingerprint density at radius 2 is 2.17 bits per heavy atom. The first-order valence-corrected chi connectivity index (χ1v) is 5.27. The average Bonchev–Trinajstić information content (AvgIpc) is 2.82. The summed E-state index contributed by atoms with van der Waals surface area (Å²) in [6.07, 6.45) is 2.12. The maximum atomic E-state index is 13.1. The van der Waals surface area contributed by atoms with Crippen molar-refractivity contribution < 1.29 is 13.3 Å². The van der Waals surface area contributed by atoms with Crippen LogP contribution < -0.4 is 5.73 Å². The lowest BCUT2D eigenvalue weighted by atomic mass is 10.2. The smallest absolute Gasteiger partial charge is 0.244 e. The SMILES string of the molecule is C=CCC(N)c1nc(-c2ccc(F)c(F)c2)no1. The first kappa shape index (κ1) is 12.4. The maximum Gasteiger partial charge on any atom is 0.244 e. The van der Waals surface area contributed by atoms with Crippen molar-refractivity contribution in [3.05, 3.63) is 48.4 Å². The van der Waals surface area contributed by atoms with Crippen LogP contribution in [0.15, 0.2) is 35.4 Å². The lowest BCUT2D eigenvalue weighted by molar-refractivity contribution is 0.356. The number of hydrogen-bond donors (Lipinski definition) is 1. The van der Waals surface area contributed by atoms with Crippen LogP contribution in [0.25, 0.3) is 11.4 Å². The van der Waals surface area contributed by atoms with Gasteiger partial charge < -0.3 is 10.3 Å². The van der Waals surface area contributed by atoms with Gasteiger partial charge >= 0.3 is 0 Å². The van der Waals surface area contributed by atoms with Crippen LogP contribution in [0.1, 0.15) is 18.4 Å². The van der Waals surface area contributed by atoms with E-state index in [1.54, 1.807) is 6.08 Å². The molecule has 1 atom stereocenters. The van der Waals surface area contributed by atoms with E-state index in [1.165, 1.54) is 6.07 Å². The third-order valence-electron chi connectivity index (χ3n) is 2.36. The van der Waals surface area contributed by atoms with Gasteiger partial charge in [-0.3, -0.25) is 0 Å². The fraction of sp³-hybridized carbons (Fsp3) is 0.167. The Kier molecular flexibility index (Phi) is 3.47. The molecule has 1 aromatic carbocycles. The summed E-state index contributed by atoms with van der Waals surface area (Å²) in [6, 6.07) is 2.92. The molecule has 0 fully saturated rings. The Morgan fingerprint density at radius 1 is 1.39 bits per heavy atom. The zero-order valence-corrected chi connectivity index (χ0v) is 9.44. The van der Waals surface area contributed by atoms with Crippen molar-refractivity contribution in [3.63, 3.8) is 0 Å². The number of aromatic nitrogens is 2. The van der Waals surface area contributed by atoms with Gasteiger partial charge in [0.05, 0.1) is 6.04 Å². The molecule has 1 unspecified atom stereocenters. The van der Waals surface area contributed by atoms with Gasteiger partial charge in [-0.15, -0.1) is 6.58 Å². The van der Waals surface area contributed by atoms with E-state index in [2.05, 4.69) is 16.7 Å². The first-order valence-electron chi connectivity index (χ1n) is 5.27. The number of nitrogens with two attached hydrogens (primary N) is 1. The molecule has 18 heavy (non-hydrogen) atoms. The van der Waals surface area contributed by atoms with Crippen LogP contribution in [-0.2, 0) is 0 Å². The second-order valence-corrected chi connectivity index (χ2v) is 3.72. The molecule has 2 rings (SSSR count). The molecule has 0 bridgehead atoms. The minimum absolute atomic E-state index is 0.170. The van der Waals surface area contributed by atoms with Gasteiger partial charge in [0.25, 0.3) is 0 Å². The summed E-state index contributed by atoms with van der Waals surface area (Å²) in [6.45, 7) is 3.55. The van der Waals surface area contributed by atoms with E-state index in [1.807, 2.05) is 0 Å². The van der Waals surface area contributed by atoms with Crippen LogP contribution in [0, 0.1) is 11.6 Å². The van der Waals surface area contributed by atoms with E-state index in [4.69, 9.17) is 10.3 Å². The minimum atomic E-state index is -0.964. The molecule has 6 heteroatoms. The summed E-state index contributed by atoms with van der Waals surface area (Å²) < 4.78 is 30.8. The Labute approximate surface area is 102 Å². The minimum Gasteiger partial charge on any atom is -0.337 e. The largest absolute Gasteiger partial charge is 0.337 e. The summed E-state index contributed by atoms with van der Waals surface area (Å²) in [7, 11) is 0. The normalized spacial score (nSPS) is 12.4. The molecular weight excluding hydrogens is 240 g/mol. The topological polar surface area (TPSA) is 64.9 Å². The third-order valence-corrected chi connectivity index (χ3v) is 2.36. The van der Waals surface area contributed by atoms with Crippen molar-refractivity contribution in [2.75, 3.05) is 0 Å². The molecule has 0 radical (unpaired) electrons. The highest BCUT2D eigenvalue weighted by molar-refractivity contribution is 5.54. The standard InChI is InChI=1S/C12H11F2N3O/c1-2-3-10(15)12-16-11(17-18-12)7-4-5-8(13)9(14)6-7/h2,4-6,10H,1,3,15H2. The molecule has 0 amide bonds. The molecule has 2 N–H and O–H groups in total. The highest BCUT2D eigenvalue weighted by Crippen LogP contribution is 2.21. The van der Waals surface area contributed by atoms with Gasteiger partial charge in [0.2, 0.25) is 11.7 Å². The Bertz CT molecular complexity index is 568. The molecule has 0 aliphatic heterocycles. The fourth-order valence-electron chi connectivity index (χ4n) is 1.42. The van der Waals surface area contributed by atoms with E-state index >= 15 is 0 Å². The molecule has 0 saturated heterocycles. The van der Waals surface area contributed by atoms with Crippen LogP contribution in [0.5, 0.6) is 0 Å². The van der Waals surface area contributed by atoms with Crippen molar-refractivity contribution >= 4 is 0 Å². The van der Waals surface area contributed by atoms with Gasteiger partial charge in [0, 0.05) is 5.56 Å². The van der Waals surface area contributed by atoms with E-state index in [9.17, 15) is 8.78 Å². The number of nitrogens with zero attached hydrogens (tertiary/aromatic N) is 2. The zero-order valence-electron chi connectivity index (χ0n) is 9.44. The molecular formula is C12H11F2N3O. The van der Waals surface area contributed by atoms with Gasteiger partial charge in [0.1, 0.15) is 0 Å². The molecule has 2 aromatic rings. The number of rotatable bonds is 4. The third kappa shape index (κ3) is 2.43. The molecule has 1 heterocycles. The Hall–Kier alpha value is -2.08. The van der Waals surface area contributed by atoms with Gasteiger partial charge in [-0.25, -0.2) is 8.78 Å². The van der Waals surface area contributed by atoms with E-state index in [0.717, 1.165) is 12.1 Å². The highest BCUT2D eigenvalue weighted by atomic mass is 19.2. The van der Waals surface area contributed by atoms with Crippen molar-refractivity contribution in [2.24, 2.45) is 5.73 Å². The second-order valence-electron chi connectivity index (χ2n) is 3.72. The van der Waals surface area contributed by atoms with Crippen molar-refractivity contribution in [2.45, 2.75) is 12.5 Å².